The van der Waals surface area contributed by atoms with Crippen LogP contribution >= 0.6 is 0 Å². The lowest BCUT2D eigenvalue weighted by Gasteiger charge is -2.59. The van der Waals surface area contributed by atoms with E-state index in [0.29, 0.717) is 19.3 Å². The molecule has 1 amide bonds. The van der Waals surface area contributed by atoms with Crippen LogP contribution in [0.3, 0.4) is 0 Å². The second kappa shape index (κ2) is 5.66. The first kappa shape index (κ1) is 19.6. The average Bonchev–Trinajstić information content (AvgIpc) is 2.55. The predicted octanol–water partition coefficient (Wildman–Crippen LogP) is 2.89. The van der Waals surface area contributed by atoms with Gasteiger partial charge in [0.15, 0.2) is 0 Å². The molecule has 0 saturated carbocycles. The Morgan fingerprint density at radius 3 is 1.79 bits per heavy atom. The molecular formula is C18H34N3O3-. The van der Waals surface area contributed by atoms with Gasteiger partial charge in [0.1, 0.15) is 0 Å². The van der Waals surface area contributed by atoms with E-state index in [4.69, 9.17) is 0 Å². The van der Waals surface area contributed by atoms with Crippen molar-refractivity contribution in [3.05, 3.63) is 5.21 Å². The van der Waals surface area contributed by atoms with E-state index in [1.807, 2.05) is 55.4 Å². The molecule has 2 rings (SSSR count). The zero-order valence-electron chi connectivity index (χ0n) is 16.4. The van der Waals surface area contributed by atoms with Gasteiger partial charge in [0.05, 0.1) is 11.6 Å². The maximum absolute atomic E-state index is 12.9. The van der Waals surface area contributed by atoms with Gasteiger partial charge in [-0.15, -0.1) is 0 Å². The lowest BCUT2D eigenvalue weighted by Crippen LogP contribution is -2.61. The van der Waals surface area contributed by atoms with Crippen LogP contribution in [0.25, 0.3) is 0 Å². The van der Waals surface area contributed by atoms with E-state index >= 15 is 0 Å². The summed E-state index contributed by atoms with van der Waals surface area (Å²) in [5, 5.41) is 28.5. The third kappa shape index (κ3) is 3.21. The van der Waals surface area contributed by atoms with E-state index < -0.39 is 16.6 Å². The molecular weight excluding hydrogens is 306 g/mol. The van der Waals surface area contributed by atoms with Gasteiger partial charge in [-0.25, -0.2) is 0 Å². The van der Waals surface area contributed by atoms with Crippen LogP contribution in [0.4, 0.5) is 0 Å². The zero-order chi connectivity index (χ0) is 18.7. The van der Waals surface area contributed by atoms with E-state index in [9.17, 15) is 15.2 Å². The van der Waals surface area contributed by atoms with Crippen LogP contribution in [0.1, 0.15) is 74.7 Å². The standard InChI is InChI=1S/C18H34N3O3/c1-15(2)9-12(10-16(3,4)20(15)23)14(22)19-13-11-17(5,6)21(24)18(13,7)8/h12-13,24H,9-11H2,1-8H3,(H,19,22)/q-1. The predicted molar refractivity (Wildman–Crippen MR) is 94.4 cm³/mol. The van der Waals surface area contributed by atoms with Crippen molar-refractivity contribution in [2.45, 2.75) is 103 Å². The van der Waals surface area contributed by atoms with Crippen LogP contribution in [-0.4, -0.2) is 49.4 Å². The Morgan fingerprint density at radius 1 is 0.958 bits per heavy atom. The summed E-state index contributed by atoms with van der Waals surface area (Å²) in [5.74, 6) is -0.194. The molecule has 2 N–H and O–H groups in total. The number of amides is 1. The Labute approximate surface area is 146 Å². The van der Waals surface area contributed by atoms with Gasteiger partial charge < -0.3 is 20.8 Å². The highest BCUT2D eigenvalue weighted by Gasteiger charge is 2.52. The second-order valence-corrected chi connectivity index (χ2v) is 10.1. The molecule has 2 saturated heterocycles. The van der Waals surface area contributed by atoms with Crippen LogP contribution in [0, 0.1) is 11.1 Å². The molecule has 0 aromatic rings. The van der Waals surface area contributed by atoms with Gasteiger partial charge in [0.2, 0.25) is 5.91 Å². The number of nitrogens with one attached hydrogen (secondary N) is 1. The van der Waals surface area contributed by atoms with Crippen LogP contribution in [0.5, 0.6) is 0 Å². The van der Waals surface area contributed by atoms with E-state index in [-0.39, 0.29) is 23.4 Å². The SMILES string of the molecule is CC1(C)CC(C(=O)NC2CC(C)(C)N(O)C2(C)C)CC(C)(C)N1[O-]. The molecule has 2 aliphatic rings. The second-order valence-electron chi connectivity index (χ2n) is 10.1. The van der Waals surface area contributed by atoms with Crippen molar-refractivity contribution in [1.82, 2.24) is 15.4 Å². The Kier molecular flexibility index (Phi) is 4.63. The van der Waals surface area contributed by atoms with Gasteiger partial charge in [-0.1, -0.05) is 0 Å². The highest BCUT2D eigenvalue weighted by atomic mass is 16.5. The van der Waals surface area contributed by atoms with Gasteiger partial charge in [-0.2, -0.15) is 5.06 Å². The first-order valence-electron chi connectivity index (χ1n) is 8.88. The third-order valence-electron chi connectivity index (χ3n) is 5.95. The first-order valence-corrected chi connectivity index (χ1v) is 8.88. The summed E-state index contributed by atoms with van der Waals surface area (Å²) in [6, 6.07) is -0.124. The molecule has 1 unspecified atom stereocenters. The van der Waals surface area contributed by atoms with Crippen molar-refractivity contribution in [3.63, 3.8) is 0 Å². The summed E-state index contributed by atoms with van der Waals surface area (Å²) in [7, 11) is 0. The normalized spacial score (nSPS) is 32.7. The first-order chi connectivity index (χ1) is 10.6. The van der Waals surface area contributed by atoms with Crippen LogP contribution in [0.2, 0.25) is 0 Å². The average molecular weight is 340 g/mol. The lowest BCUT2D eigenvalue weighted by molar-refractivity contribution is -0.194. The van der Waals surface area contributed by atoms with E-state index in [2.05, 4.69) is 5.32 Å². The molecule has 2 aliphatic heterocycles. The zero-order valence-corrected chi connectivity index (χ0v) is 16.4. The number of piperidine rings is 1. The summed E-state index contributed by atoms with van der Waals surface area (Å²) in [5.41, 5.74) is -2.02. The van der Waals surface area contributed by atoms with Crippen molar-refractivity contribution >= 4 is 5.91 Å². The minimum absolute atomic E-state index is 0.00609. The molecule has 2 heterocycles. The summed E-state index contributed by atoms with van der Waals surface area (Å²) in [6.07, 6.45) is 1.78. The topological polar surface area (TPSA) is 78.9 Å². The number of nitrogens with zero attached hydrogens (tertiary/aromatic N) is 2. The van der Waals surface area contributed by atoms with Crippen molar-refractivity contribution in [3.8, 4) is 0 Å². The Hall–Kier alpha value is -0.690. The highest BCUT2D eigenvalue weighted by Crippen LogP contribution is 2.42. The molecule has 6 nitrogen and oxygen atoms in total. The fourth-order valence-electron chi connectivity index (χ4n) is 4.73. The minimum Gasteiger partial charge on any atom is -0.784 e. The van der Waals surface area contributed by atoms with Crippen molar-refractivity contribution in [2.24, 2.45) is 5.92 Å². The van der Waals surface area contributed by atoms with Crippen LogP contribution in [0.15, 0.2) is 0 Å². The molecule has 0 aromatic carbocycles. The number of hydroxylamine groups is 4. The van der Waals surface area contributed by atoms with Crippen molar-refractivity contribution in [1.29, 1.82) is 0 Å². The minimum atomic E-state index is -0.558. The highest BCUT2D eigenvalue weighted by molar-refractivity contribution is 5.79. The van der Waals surface area contributed by atoms with E-state index in [1.54, 1.807) is 0 Å². The number of rotatable bonds is 2. The molecule has 2 fully saturated rings. The molecule has 1 atom stereocenters. The lowest BCUT2D eigenvalue weighted by atomic mass is 9.74. The molecule has 24 heavy (non-hydrogen) atoms. The fourth-order valence-corrected chi connectivity index (χ4v) is 4.73. The summed E-state index contributed by atoms with van der Waals surface area (Å²) < 4.78 is 0. The van der Waals surface area contributed by atoms with Crippen LogP contribution < -0.4 is 5.32 Å². The largest absolute Gasteiger partial charge is 0.784 e. The number of carbonyl (C=O) groups excluding carboxylic acids is 1. The Bertz CT molecular complexity index is 496. The summed E-state index contributed by atoms with van der Waals surface area (Å²) in [4.78, 5) is 12.9. The molecule has 0 aromatic heterocycles. The number of hydrogen-bond acceptors (Lipinski definition) is 5. The van der Waals surface area contributed by atoms with Crippen molar-refractivity contribution in [2.75, 3.05) is 0 Å². The van der Waals surface area contributed by atoms with E-state index in [0.717, 1.165) is 5.06 Å². The Balaban J connectivity index is 2.13. The summed E-state index contributed by atoms with van der Waals surface area (Å²) >= 11 is 0. The van der Waals surface area contributed by atoms with Crippen molar-refractivity contribution < 1.29 is 10.0 Å². The van der Waals surface area contributed by atoms with Gasteiger partial charge in [0.25, 0.3) is 0 Å². The third-order valence-corrected chi connectivity index (χ3v) is 5.95. The molecule has 0 bridgehead atoms. The molecule has 6 heteroatoms. The fraction of sp³-hybridized carbons (Fsp3) is 0.944. The Morgan fingerprint density at radius 2 is 1.42 bits per heavy atom. The smallest absolute Gasteiger partial charge is 0.223 e. The van der Waals surface area contributed by atoms with Gasteiger partial charge >= 0.3 is 0 Å². The van der Waals surface area contributed by atoms with Gasteiger partial charge in [-0.05, 0) is 74.7 Å². The molecule has 0 radical (unpaired) electrons. The number of hydrogen-bond donors (Lipinski definition) is 2. The van der Waals surface area contributed by atoms with Gasteiger partial charge in [-0.3, -0.25) is 4.79 Å². The molecule has 0 spiro atoms. The number of carbonyl (C=O) groups is 1. The maximum Gasteiger partial charge on any atom is 0.223 e. The maximum atomic E-state index is 12.9. The molecule has 0 aliphatic carbocycles. The quantitative estimate of drug-likeness (QED) is 0.808. The van der Waals surface area contributed by atoms with Crippen LogP contribution in [-0.2, 0) is 4.79 Å². The summed E-state index contributed by atoms with van der Waals surface area (Å²) in [6.45, 7) is 15.4. The van der Waals surface area contributed by atoms with Gasteiger partial charge in [0, 0.05) is 22.5 Å². The monoisotopic (exact) mass is 340 g/mol. The molecule has 140 valence electrons. The van der Waals surface area contributed by atoms with E-state index in [1.165, 1.54) is 5.06 Å².